The average Bonchev–Trinajstić information content (AvgIpc) is 3.74. The van der Waals surface area contributed by atoms with Crippen molar-refractivity contribution in [3.8, 4) is 0 Å². The number of hydrogen-bond acceptors (Lipinski definition) is 9. The van der Waals surface area contributed by atoms with Gasteiger partial charge in [0.25, 0.3) is 5.56 Å². The largest absolute Gasteiger partial charge is 0.444 e. The molecule has 61 heavy (non-hydrogen) atoms. The van der Waals surface area contributed by atoms with Crippen LogP contribution in [0.15, 0.2) is 78.0 Å². The summed E-state index contributed by atoms with van der Waals surface area (Å²) in [7, 11) is 0. The molecule has 0 saturated carbocycles. The van der Waals surface area contributed by atoms with E-state index in [1.165, 1.54) is 0 Å². The quantitative estimate of drug-likeness (QED) is 0.0697. The number of nitrogens with one attached hydrogen (secondary N) is 4. The lowest BCUT2D eigenvalue weighted by molar-refractivity contribution is -0.137. The molecule has 5 heterocycles. The van der Waals surface area contributed by atoms with Gasteiger partial charge in [0.1, 0.15) is 5.60 Å². The molecular weight excluding hydrogens is 771 g/mol. The van der Waals surface area contributed by atoms with Crippen molar-refractivity contribution in [1.82, 2.24) is 40.6 Å². The fraction of sp³-hybridized carbons (Fsp3) is 0.489. The van der Waals surface area contributed by atoms with E-state index in [0.29, 0.717) is 76.9 Å². The van der Waals surface area contributed by atoms with E-state index in [9.17, 15) is 14.4 Å². The maximum absolute atomic E-state index is 15.1. The number of nitrogens with zero attached hydrogens (tertiary/aromatic N) is 5. The van der Waals surface area contributed by atoms with Gasteiger partial charge in [-0.1, -0.05) is 24.3 Å². The highest BCUT2D eigenvalue weighted by Gasteiger charge is 2.37. The van der Waals surface area contributed by atoms with Crippen LogP contribution in [0.1, 0.15) is 75.5 Å². The number of aryl methyl sites for hydroxylation is 1. The Bertz CT molecular complexity index is 2310. The van der Waals surface area contributed by atoms with Crippen molar-refractivity contribution in [1.29, 1.82) is 0 Å². The number of anilines is 1. The number of rotatable bonds is 16. The molecule has 324 valence electrons. The first-order chi connectivity index (χ1) is 29.5. The van der Waals surface area contributed by atoms with E-state index in [0.717, 1.165) is 64.6 Å². The van der Waals surface area contributed by atoms with Crippen LogP contribution in [0, 0.1) is 18.8 Å². The van der Waals surface area contributed by atoms with Crippen molar-refractivity contribution in [2.45, 2.75) is 83.8 Å². The van der Waals surface area contributed by atoms with E-state index < -0.39 is 5.60 Å². The molecule has 2 aromatic carbocycles. The van der Waals surface area contributed by atoms with Gasteiger partial charge in [-0.3, -0.25) is 24.5 Å². The molecule has 2 saturated heterocycles. The third-order valence-electron chi connectivity index (χ3n) is 12.4. The van der Waals surface area contributed by atoms with E-state index in [1.807, 2.05) is 74.3 Å². The molecule has 7 rings (SSSR count). The Hall–Kier alpha value is -5.76. The summed E-state index contributed by atoms with van der Waals surface area (Å²) in [4.78, 5) is 66.4. The second-order valence-electron chi connectivity index (χ2n) is 17.8. The number of para-hydroxylation sites is 1. The zero-order chi connectivity index (χ0) is 42.9. The maximum atomic E-state index is 15.1. The highest BCUT2D eigenvalue weighted by Crippen LogP contribution is 2.32. The average molecular weight is 832 g/mol. The zero-order valence-electron chi connectivity index (χ0n) is 36.0. The van der Waals surface area contributed by atoms with Crippen LogP contribution >= 0.6 is 0 Å². The number of hydrogen-bond donors (Lipinski definition) is 4. The van der Waals surface area contributed by atoms with Crippen LogP contribution in [0.5, 0.6) is 0 Å². The Morgan fingerprint density at radius 2 is 1.67 bits per heavy atom. The highest BCUT2D eigenvalue weighted by molar-refractivity contribution is 5.83. The van der Waals surface area contributed by atoms with Crippen LogP contribution in [0.25, 0.3) is 21.8 Å². The normalized spacial score (nSPS) is 16.7. The van der Waals surface area contributed by atoms with Crippen LogP contribution in [-0.4, -0.2) is 112 Å². The summed E-state index contributed by atoms with van der Waals surface area (Å²) in [5, 5.41) is 16.1. The third-order valence-corrected chi connectivity index (χ3v) is 12.4. The molecule has 3 aromatic heterocycles. The van der Waals surface area contributed by atoms with Crippen molar-refractivity contribution in [3.05, 3.63) is 100 Å². The van der Waals surface area contributed by atoms with E-state index in [2.05, 4.69) is 54.8 Å². The number of likely N-dealkylation sites (tertiary alicyclic amines) is 1. The number of aromatic nitrogens is 4. The number of pyridine rings is 2. The molecule has 2 aliphatic heterocycles. The lowest BCUT2D eigenvalue weighted by atomic mass is 9.80. The van der Waals surface area contributed by atoms with Gasteiger partial charge in [0, 0.05) is 86.4 Å². The standard InChI is InChI=1S/C47H61N9O5/c1-32-25-34(26-37-30-51-53-43(32)37)28-42(50-18-10-35(9-15-49-31-57)39-29-36-7-5-6-8-41(36)52-44(39)58)40(27-33-13-19-56(20-14-33)46(60)61-47(2,3)4)45(59)55-23-21-54(22-24-55)38-11-16-48-17-12-38/h5-8,11-12,16-17,25-26,29-31,33,35,40,42,50H,9-10,13-15,18-24,27-28H2,1-4H3,(H,49,57)(H,51,53)(H,52,58). The number of H-pyrrole nitrogens is 2. The van der Waals surface area contributed by atoms with Crippen LogP contribution in [0.4, 0.5) is 10.5 Å². The third kappa shape index (κ3) is 11.1. The summed E-state index contributed by atoms with van der Waals surface area (Å²) in [6, 6.07) is 17.9. The van der Waals surface area contributed by atoms with Gasteiger partial charge in [-0.15, -0.1) is 0 Å². The summed E-state index contributed by atoms with van der Waals surface area (Å²) >= 11 is 0. The minimum absolute atomic E-state index is 0.132. The monoisotopic (exact) mass is 831 g/mol. The number of aromatic amines is 2. The minimum Gasteiger partial charge on any atom is -0.444 e. The Morgan fingerprint density at radius 1 is 0.934 bits per heavy atom. The Balaban J connectivity index is 1.16. The number of fused-ring (bicyclic) bond motifs is 2. The van der Waals surface area contributed by atoms with Gasteiger partial charge in [0.05, 0.1) is 17.6 Å². The van der Waals surface area contributed by atoms with Crippen LogP contribution in [-0.2, 0) is 20.7 Å². The molecular formula is C47H61N9O5. The molecule has 4 N–H and O–H groups in total. The Morgan fingerprint density at radius 3 is 2.41 bits per heavy atom. The lowest BCUT2D eigenvalue weighted by Gasteiger charge is -2.41. The van der Waals surface area contributed by atoms with Crippen molar-refractivity contribution >= 4 is 45.9 Å². The number of carbonyl (C=O) groups is 3. The van der Waals surface area contributed by atoms with Crippen molar-refractivity contribution in [3.63, 3.8) is 0 Å². The predicted octanol–water partition coefficient (Wildman–Crippen LogP) is 5.92. The molecule has 0 bridgehead atoms. The summed E-state index contributed by atoms with van der Waals surface area (Å²) in [6.07, 6.45) is 9.90. The molecule has 3 atom stereocenters. The van der Waals surface area contributed by atoms with Gasteiger partial charge in [-0.05, 0) is 131 Å². The van der Waals surface area contributed by atoms with Crippen LogP contribution in [0.3, 0.4) is 0 Å². The van der Waals surface area contributed by atoms with Gasteiger partial charge in [0.2, 0.25) is 12.3 Å². The first-order valence-electron chi connectivity index (χ1n) is 21.8. The molecule has 2 aliphatic rings. The first-order valence-corrected chi connectivity index (χ1v) is 21.8. The summed E-state index contributed by atoms with van der Waals surface area (Å²) in [5.41, 5.74) is 5.06. The molecule has 0 spiro atoms. The Labute approximate surface area is 357 Å². The number of carbonyl (C=O) groups excluding carboxylic acids is 3. The first kappa shape index (κ1) is 43.3. The van der Waals surface area contributed by atoms with E-state index in [1.54, 1.807) is 17.3 Å². The summed E-state index contributed by atoms with van der Waals surface area (Å²) in [5.74, 6) is -0.136. The van der Waals surface area contributed by atoms with Crippen LogP contribution in [0.2, 0.25) is 0 Å². The number of piperazine rings is 1. The molecule has 2 fully saturated rings. The molecule has 0 radical (unpaired) electrons. The smallest absolute Gasteiger partial charge is 0.410 e. The molecule has 14 nitrogen and oxygen atoms in total. The van der Waals surface area contributed by atoms with E-state index in [4.69, 9.17) is 4.74 Å². The second-order valence-corrected chi connectivity index (χ2v) is 17.8. The topological polar surface area (TPSA) is 169 Å². The number of benzene rings is 2. The van der Waals surface area contributed by atoms with E-state index in [-0.39, 0.29) is 41.4 Å². The minimum atomic E-state index is -0.574. The Kier molecular flexibility index (Phi) is 14.0. The number of piperidine rings is 1. The van der Waals surface area contributed by atoms with Crippen molar-refractivity contribution in [2.75, 3.05) is 57.3 Å². The molecule has 5 aromatic rings. The summed E-state index contributed by atoms with van der Waals surface area (Å²) in [6.45, 7) is 12.5. The molecule has 14 heteroatoms. The fourth-order valence-corrected chi connectivity index (χ4v) is 9.17. The lowest BCUT2D eigenvalue weighted by Crippen LogP contribution is -2.54. The SMILES string of the molecule is Cc1cc(CC(NCCC(CCNC=O)c2cc3ccccc3[nH]c2=O)C(CC2CCN(C(=O)OC(C)(C)C)CC2)C(=O)N2CCN(c3ccncc3)CC2)cc2cn[nH]c12. The van der Waals surface area contributed by atoms with Crippen LogP contribution < -0.4 is 21.1 Å². The molecule has 0 aliphatic carbocycles. The van der Waals surface area contributed by atoms with Gasteiger partial charge >= 0.3 is 6.09 Å². The maximum Gasteiger partial charge on any atom is 0.410 e. The van der Waals surface area contributed by atoms with Gasteiger partial charge in [0.15, 0.2) is 0 Å². The second kappa shape index (κ2) is 19.7. The number of ether oxygens (including phenoxy) is 1. The highest BCUT2D eigenvalue weighted by atomic mass is 16.6. The number of amides is 3. The van der Waals surface area contributed by atoms with Gasteiger partial charge < -0.3 is 35.1 Å². The van der Waals surface area contributed by atoms with Gasteiger partial charge in [-0.25, -0.2) is 4.79 Å². The van der Waals surface area contributed by atoms with Gasteiger partial charge in [-0.2, -0.15) is 5.10 Å². The van der Waals surface area contributed by atoms with Crippen molar-refractivity contribution in [2.24, 2.45) is 11.8 Å². The van der Waals surface area contributed by atoms with Crippen molar-refractivity contribution < 1.29 is 19.1 Å². The fourth-order valence-electron chi connectivity index (χ4n) is 9.17. The predicted molar refractivity (Wildman–Crippen MR) is 239 cm³/mol. The molecule has 3 amide bonds. The van der Waals surface area contributed by atoms with E-state index >= 15 is 4.79 Å². The summed E-state index contributed by atoms with van der Waals surface area (Å²) < 4.78 is 5.70. The molecule has 3 unspecified atom stereocenters. The zero-order valence-corrected chi connectivity index (χ0v) is 36.0.